The molecule has 72 valence electrons. The fourth-order valence-corrected chi connectivity index (χ4v) is 0.566. The standard InChI is InChI=1S/C6H10F3NO2/c1-5(4(11)12,10(2)3)6(7,8)9/h1-3H3,(H,11,12). The van der Waals surface area contributed by atoms with Gasteiger partial charge in [0.2, 0.25) is 5.54 Å². The Morgan fingerprint density at radius 3 is 1.67 bits per heavy atom. The third-order valence-corrected chi connectivity index (χ3v) is 1.86. The van der Waals surface area contributed by atoms with Gasteiger partial charge in [0, 0.05) is 0 Å². The summed E-state index contributed by atoms with van der Waals surface area (Å²) in [5.74, 6) is -1.90. The Morgan fingerprint density at radius 1 is 1.33 bits per heavy atom. The topological polar surface area (TPSA) is 40.5 Å². The lowest BCUT2D eigenvalue weighted by Gasteiger charge is -2.33. The van der Waals surface area contributed by atoms with Crippen LogP contribution in [0, 0.1) is 0 Å². The highest BCUT2D eigenvalue weighted by atomic mass is 19.4. The molecule has 0 aromatic rings. The maximum Gasteiger partial charge on any atom is 0.417 e. The molecule has 0 bridgehead atoms. The Hall–Kier alpha value is -0.780. The zero-order valence-corrected chi connectivity index (χ0v) is 6.94. The first-order chi connectivity index (χ1) is 5.14. The maximum absolute atomic E-state index is 12.2. The summed E-state index contributed by atoms with van der Waals surface area (Å²) in [5.41, 5.74) is -2.81. The maximum atomic E-state index is 12.2. The summed E-state index contributed by atoms with van der Waals surface area (Å²) >= 11 is 0. The summed E-state index contributed by atoms with van der Waals surface area (Å²) < 4.78 is 36.6. The zero-order valence-electron chi connectivity index (χ0n) is 6.94. The van der Waals surface area contributed by atoms with Crippen LogP contribution in [0.15, 0.2) is 0 Å². The van der Waals surface area contributed by atoms with Gasteiger partial charge < -0.3 is 5.11 Å². The van der Waals surface area contributed by atoms with Gasteiger partial charge in [0.15, 0.2) is 0 Å². The van der Waals surface area contributed by atoms with E-state index in [2.05, 4.69) is 0 Å². The molecule has 0 saturated carbocycles. The van der Waals surface area contributed by atoms with Crippen LogP contribution in [0.3, 0.4) is 0 Å². The van der Waals surface area contributed by atoms with E-state index >= 15 is 0 Å². The second-order valence-electron chi connectivity index (χ2n) is 2.77. The SMILES string of the molecule is CN(C)C(C)(C(=O)O)C(F)(F)F. The van der Waals surface area contributed by atoms with Gasteiger partial charge in [0.1, 0.15) is 0 Å². The van der Waals surface area contributed by atoms with Crippen molar-refractivity contribution in [3.8, 4) is 0 Å². The Kier molecular flexibility index (Phi) is 2.74. The number of halogens is 3. The van der Waals surface area contributed by atoms with Gasteiger partial charge >= 0.3 is 12.1 Å². The van der Waals surface area contributed by atoms with Crippen molar-refractivity contribution in [1.29, 1.82) is 0 Å². The number of alkyl halides is 3. The lowest BCUT2D eigenvalue weighted by atomic mass is 10.0. The van der Waals surface area contributed by atoms with Crippen molar-refractivity contribution in [3.05, 3.63) is 0 Å². The average molecular weight is 185 g/mol. The molecule has 0 heterocycles. The zero-order chi connectivity index (χ0) is 10.2. The lowest BCUT2D eigenvalue weighted by molar-refractivity contribution is -0.226. The molecular weight excluding hydrogens is 175 g/mol. The Labute approximate surface area is 67.8 Å². The van der Waals surface area contributed by atoms with Gasteiger partial charge in [0.05, 0.1) is 0 Å². The molecule has 0 radical (unpaired) electrons. The minimum atomic E-state index is -4.78. The second kappa shape index (κ2) is 2.93. The molecule has 1 atom stereocenters. The summed E-state index contributed by atoms with van der Waals surface area (Å²) in [6.07, 6.45) is -4.78. The van der Waals surface area contributed by atoms with Gasteiger partial charge in [-0.05, 0) is 21.0 Å². The molecule has 6 heteroatoms. The number of carboxylic acid groups (broad SMARTS) is 1. The van der Waals surface area contributed by atoms with Gasteiger partial charge in [0.25, 0.3) is 0 Å². The van der Waals surface area contributed by atoms with E-state index in [-0.39, 0.29) is 0 Å². The summed E-state index contributed by atoms with van der Waals surface area (Å²) in [6.45, 7) is 0.620. The molecule has 0 aromatic carbocycles. The van der Waals surface area contributed by atoms with Crippen LogP contribution in [-0.4, -0.2) is 41.8 Å². The van der Waals surface area contributed by atoms with Crippen LogP contribution >= 0.6 is 0 Å². The van der Waals surface area contributed by atoms with Crippen LogP contribution in [-0.2, 0) is 4.79 Å². The van der Waals surface area contributed by atoms with E-state index in [9.17, 15) is 18.0 Å². The van der Waals surface area contributed by atoms with Crippen molar-refractivity contribution in [3.63, 3.8) is 0 Å². The summed E-state index contributed by atoms with van der Waals surface area (Å²) in [5, 5.41) is 8.38. The summed E-state index contributed by atoms with van der Waals surface area (Å²) in [7, 11) is 2.14. The van der Waals surface area contributed by atoms with Gasteiger partial charge in [-0.2, -0.15) is 13.2 Å². The van der Waals surface area contributed by atoms with E-state index in [4.69, 9.17) is 5.11 Å². The highest BCUT2D eigenvalue weighted by Crippen LogP contribution is 2.33. The number of rotatable bonds is 2. The fraction of sp³-hybridized carbons (Fsp3) is 0.833. The van der Waals surface area contributed by atoms with E-state index in [1.165, 1.54) is 0 Å². The molecule has 0 aliphatic heterocycles. The molecule has 0 fully saturated rings. The molecule has 0 rings (SSSR count). The number of hydrogen-bond acceptors (Lipinski definition) is 2. The van der Waals surface area contributed by atoms with Gasteiger partial charge in [-0.15, -0.1) is 0 Å². The predicted octanol–water partition coefficient (Wildman–Crippen LogP) is 0.954. The molecule has 3 nitrogen and oxygen atoms in total. The number of hydrogen-bond donors (Lipinski definition) is 1. The van der Waals surface area contributed by atoms with E-state index < -0.39 is 17.7 Å². The molecule has 0 aromatic heterocycles. The molecule has 1 unspecified atom stereocenters. The lowest BCUT2D eigenvalue weighted by Crippen LogP contribution is -2.59. The highest BCUT2D eigenvalue weighted by Gasteiger charge is 2.58. The van der Waals surface area contributed by atoms with E-state index in [0.717, 1.165) is 14.1 Å². The van der Waals surface area contributed by atoms with Crippen LogP contribution in [0.4, 0.5) is 13.2 Å². The highest BCUT2D eigenvalue weighted by molar-refractivity contribution is 5.79. The Balaban J connectivity index is 5.02. The fourth-order valence-electron chi connectivity index (χ4n) is 0.566. The molecule has 1 N–H and O–H groups in total. The van der Waals surface area contributed by atoms with Crippen molar-refractivity contribution >= 4 is 5.97 Å². The molecule has 0 saturated heterocycles. The summed E-state index contributed by atoms with van der Waals surface area (Å²) in [4.78, 5) is 11.0. The van der Waals surface area contributed by atoms with Gasteiger partial charge in [-0.3, -0.25) is 4.90 Å². The number of carbonyl (C=O) groups is 1. The Bertz CT molecular complexity index is 190. The number of carboxylic acids is 1. The van der Waals surface area contributed by atoms with Gasteiger partial charge in [-0.1, -0.05) is 0 Å². The van der Waals surface area contributed by atoms with Crippen molar-refractivity contribution in [1.82, 2.24) is 4.90 Å². The van der Waals surface area contributed by atoms with Crippen LogP contribution in [0.2, 0.25) is 0 Å². The normalized spacial score (nSPS) is 17.6. The molecular formula is C6H10F3NO2. The first-order valence-electron chi connectivity index (χ1n) is 3.11. The monoisotopic (exact) mass is 185 g/mol. The van der Waals surface area contributed by atoms with Crippen molar-refractivity contribution in [2.24, 2.45) is 0 Å². The molecule has 0 spiro atoms. The quantitative estimate of drug-likeness (QED) is 0.696. The van der Waals surface area contributed by atoms with Gasteiger partial charge in [-0.25, -0.2) is 4.79 Å². The third kappa shape index (κ3) is 1.52. The molecule has 0 aliphatic carbocycles. The minimum Gasteiger partial charge on any atom is -0.480 e. The van der Waals surface area contributed by atoms with E-state index in [1.807, 2.05) is 0 Å². The first-order valence-corrected chi connectivity index (χ1v) is 3.11. The number of aliphatic carboxylic acids is 1. The first kappa shape index (κ1) is 11.2. The predicted molar refractivity (Wildman–Crippen MR) is 35.8 cm³/mol. The van der Waals surface area contributed by atoms with Crippen LogP contribution in [0.1, 0.15) is 6.92 Å². The van der Waals surface area contributed by atoms with Crippen molar-refractivity contribution in [2.75, 3.05) is 14.1 Å². The molecule has 12 heavy (non-hydrogen) atoms. The van der Waals surface area contributed by atoms with Crippen molar-refractivity contribution < 1.29 is 23.1 Å². The largest absolute Gasteiger partial charge is 0.480 e. The smallest absolute Gasteiger partial charge is 0.417 e. The number of nitrogens with zero attached hydrogens (tertiary/aromatic N) is 1. The summed E-state index contributed by atoms with van der Waals surface area (Å²) in [6, 6.07) is 0. The van der Waals surface area contributed by atoms with E-state index in [0.29, 0.717) is 11.8 Å². The Morgan fingerprint density at radius 2 is 1.67 bits per heavy atom. The minimum absolute atomic E-state index is 0.620. The molecule has 0 amide bonds. The van der Waals surface area contributed by atoms with Crippen LogP contribution in [0.25, 0.3) is 0 Å². The van der Waals surface area contributed by atoms with Crippen LogP contribution in [0.5, 0.6) is 0 Å². The third-order valence-electron chi connectivity index (χ3n) is 1.86. The number of likely N-dealkylation sites (N-methyl/N-ethyl adjacent to an activating group) is 1. The van der Waals surface area contributed by atoms with Crippen LogP contribution < -0.4 is 0 Å². The van der Waals surface area contributed by atoms with Crippen molar-refractivity contribution in [2.45, 2.75) is 18.6 Å². The second-order valence-corrected chi connectivity index (χ2v) is 2.77. The average Bonchev–Trinajstić information content (AvgIpc) is 1.82. The van der Waals surface area contributed by atoms with E-state index in [1.54, 1.807) is 0 Å². The molecule has 0 aliphatic rings.